The molecule has 0 spiro atoms. The zero-order chi connectivity index (χ0) is 29.8. The summed E-state index contributed by atoms with van der Waals surface area (Å²) < 4.78 is 3.66. The minimum Gasteiger partial charge on any atom is -0.508 e. The molecule has 5 heterocycles. The predicted octanol–water partition coefficient (Wildman–Crippen LogP) is 3.49. The van der Waals surface area contributed by atoms with Crippen molar-refractivity contribution in [2.75, 3.05) is 42.5 Å². The van der Waals surface area contributed by atoms with E-state index in [4.69, 9.17) is 15.0 Å². The largest absolute Gasteiger partial charge is 0.508 e. The van der Waals surface area contributed by atoms with Crippen molar-refractivity contribution in [3.63, 3.8) is 0 Å². The summed E-state index contributed by atoms with van der Waals surface area (Å²) in [5.41, 5.74) is 3.98. The minimum atomic E-state index is -0.291. The predicted molar refractivity (Wildman–Crippen MR) is 164 cm³/mol. The molecule has 44 heavy (non-hydrogen) atoms. The summed E-state index contributed by atoms with van der Waals surface area (Å²) in [5.74, 6) is 0.778. The second kappa shape index (κ2) is 10.2. The quantitative estimate of drug-likeness (QED) is 0.292. The smallest absolute Gasteiger partial charge is 0.261 e. The third-order valence-electron chi connectivity index (χ3n) is 8.33. The molecule has 1 N–H and O–H groups in total. The van der Waals surface area contributed by atoms with E-state index in [1.165, 1.54) is 4.90 Å². The molecule has 0 saturated carbocycles. The van der Waals surface area contributed by atoms with Gasteiger partial charge < -0.3 is 19.5 Å². The van der Waals surface area contributed by atoms with Crippen LogP contribution in [0.5, 0.6) is 5.75 Å². The molecule has 0 radical (unpaired) electrons. The molecule has 2 aliphatic rings. The van der Waals surface area contributed by atoms with Gasteiger partial charge in [-0.3, -0.25) is 14.5 Å². The Labute approximate surface area is 251 Å². The molecule has 0 atom stereocenters. The van der Waals surface area contributed by atoms with Gasteiger partial charge in [-0.1, -0.05) is 30.3 Å². The number of phenols is 1. The highest BCUT2D eigenvalue weighted by Crippen LogP contribution is 2.28. The first-order chi connectivity index (χ1) is 21.5. The molecule has 0 aliphatic carbocycles. The Morgan fingerprint density at radius 2 is 1.43 bits per heavy atom. The first-order valence-corrected chi connectivity index (χ1v) is 14.5. The van der Waals surface area contributed by atoms with E-state index in [1.54, 1.807) is 53.6 Å². The fourth-order valence-electron chi connectivity index (χ4n) is 5.99. The number of para-hydroxylation sites is 1. The second-order valence-corrected chi connectivity index (χ2v) is 10.9. The molecular weight excluding hydrogens is 558 g/mol. The van der Waals surface area contributed by atoms with E-state index in [0.29, 0.717) is 53.7 Å². The minimum absolute atomic E-state index is 0.183. The van der Waals surface area contributed by atoms with Gasteiger partial charge in [0, 0.05) is 50.3 Å². The number of benzene rings is 3. The molecule has 0 bridgehead atoms. The van der Waals surface area contributed by atoms with Crippen molar-refractivity contribution < 1.29 is 14.7 Å². The number of fused-ring (bicyclic) bond motifs is 3. The first-order valence-electron chi connectivity index (χ1n) is 14.5. The van der Waals surface area contributed by atoms with Crippen molar-refractivity contribution in [3.8, 4) is 11.6 Å². The maximum Gasteiger partial charge on any atom is 0.261 e. The van der Waals surface area contributed by atoms with Gasteiger partial charge in [-0.25, -0.2) is 9.67 Å². The van der Waals surface area contributed by atoms with Crippen molar-refractivity contribution in [1.29, 1.82) is 0 Å². The van der Waals surface area contributed by atoms with Crippen LogP contribution >= 0.6 is 0 Å². The van der Waals surface area contributed by atoms with Crippen LogP contribution in [0.4, 0.5) is 11.6 Å². The molecule has 1 fully saturated rings. The van der Waals surface area contributed by atoms with E-state index < -0.39 is 0 Å². The number of aromatic nitrogens is 6. The fraction of sp³-hybridized carbons (Fsp3) is 0.188. The lowest BCUT2D eigenvalue weighted by Gasteiger charge is -2.36. The van der Waals surface area contributed by atoms with Crippen LogP contribution in [0.3, 0.4) is 0 Å². The molecular formula is C32H27N9O3. The highest BCUT2D eigenvalue weighted by atomic mass is 16.3. The first kappa shape index (κ1) is 25.9. The number of anilines is 2. The Balaban J connectivity index is 1.14. The summed E-state index contributed by atoms with van der Waals surface area (Å²) in [7, 11) is 0. The van der Waals surface area contributed by atoms with E-state index >= 15 is 0 Å². The standard InChI is InChI=1S/C32H27N9O3/c42-23-11-9-22(10-12-23)37-13-15-38(16-14-37)32-35-28-27(29(36-32)41-26-8-4-1-5-21(26)19-34-41)33-20-39(28)17-18-40-30(43)24-6-2-3-7-25(24)31(40)44/h1-12,19-20,42H,13-18H2. The van der Waals surface area contributed by atoms with Crippen LogP contribution in [0.1, 0.15) is 20.7 Å². The van der Waals surface area contributed by atoms with Gasteiger partial charge in [-0.2, -0.15) is 15.1 Å². The lowest BCUT2D eigenvalue weighted by molar-refractivity contribution is 0.0649. The van der Waals surface area contributed by atoms with Crippen LogP contribution in [-0.4, -0.2) is 83.8 Å². The Morgan fingerprint density at radius 3 is 2.18 bits per heavy atom. The van der Waals surface area contributed by atoms with E-state index in [1.807, 2.05) is 41.0 Å². The van der Waals surface area contributed by atoms with Crippen molar-refractivity contribution in [2.24, 2.45) is 0 Å². The molecule has 8 rings (SSSR count). The fourth-order valence-corrected chi connectivity index (χ4v) is 5.99. The summed E-state index contributed by atoms with van der Waals surface area (Å²) in [5, 5.41) is 15.3. The van der Waals surface area contributed by atoms with Crippen molar-refractivity contribution in [1.82, 2.24) is 34.2 Å². The summed E-state index contributed by atoms with van der Waals surface area (Å²) >= 11 is 0. The monoisotopic (exact) mass is 585 g/mol. The SMILES string of the molecule is O=C1c2ccccc2C(=O)N1CCn1cnc2c(-n3ncc4ccccc43)nc(N3CCN(c4ccc(O)cc4)CC3)nc21. The van der Waals surface area contributed by atoms with Gasteiger partial charge in [0.05, 0.1) is 29.2 Å². The van der Waals surface area contributed by atoms with Crippen LogP contribution in [-0.2, 0) is 6.54 Å². The highest BCUT2D eigenvalue weighted by Gasteiger charge is 2.35. The van der Waals surface area contributed by atoms with Crippen molar-refractivity contribution in [2.45, 2.75) is 6.54 Å². The summed E-state index contributed by atoms with van der Waals surface area (Å²) in [6.07, 6.45) is 3.48. The van der Waals surface area contributed by atoms with E-state index in [0.717, 1.165) is 29.7 Å². The number of hydrogen-bond acceptors (Lipinski definition) is 9. The van der Waals surface area contributed by atoms with Crippen molar-refractivity contribution in [3.05, 3.63) is 96.4 Å². The number of carbonyl (C=O) groups excluding carboxylic acids is 2. The van der Waals surface area contributed by atoms with Crippen LogP contribution in [0.2, 0.25) is 0 Å². The third kappa shape index (κ3) is 4.22. The molecule has 2 amide bonds. The summed E-state index contributed by atoms with van der Waals surface area (Å²) in [6.45, 7) is 3.40. The number of nitrogens with zero attached hydrogens (tertiary/aromatic N) is 9. The van der Waals surface area contributed by atoms with E-state index in [-0.39, 0.29) is 24.1 Å². The van der Waals surface area contributed by atoms with Gasteiger partial charge in [-0.05, 0) is 42.5 Å². The zero-order valence-corrected chi connectivity index (χ0v) is 23.6. The number of aromatic hydroxyl groups is 1. The molecule has 3 aromatic carbocycles. The summed E-state index contributed by atoms with van der Waals surface area (Å²) in [4.78, 5) is 46.3. The van der Waals surface area contributed by atoms with Gasteiger partial charge in [0.15, 0.2) is 17.0 Å². The average Bonchev–Trinajstić information content (AvgIpc) is 3.75. The van der Waals surface area contributed by atoms with Gasteiger partial charge in [0.1, 0.15) is 5.75 Å². The topological polar surface area (TPSA) is 126 Å². The number of carbonyl (C=O) groups is 2. The second-order valence-electron chi connectivity index (χ2n) is 10.9. The lowest BCUT2D eigenvalue weighted by Crippen LogP contribution is -2.47. The highest BCUT2D eigenvalue weighted by molar-refractivity contribution is 6.21. The Hall–Kier alpha value is -5.78. The summed E-state index contributed by atoms with van der Waals surface area (Å²) in [6, 6.07) is 22.1. The Kier molecular flexibility index (Phi) is 6.00. The molecule has 1 saturated heterocycles. The molecule has 0 unspecified atom stereocenters. The van der Waals surface area contributed by atoms with Crippen LogP contribution in [0.15, 0.2) is 85.3 Å². The molecule has 12 nitrogen and oxygen atoms in total. The molecule has 3 aromatic heterocycles. The van der Waals surface area contributed by atoms with Crippen LogP contribution in [0, 0.1) is 0 Å². The van der Waals surface area contributed by atoms with Crippen LogP contribution in [0.25, 0.3) is 27.9 Å². The van der Waals surface area contributed by atoms with E-state index in [9.17, 15) is 14.7 Å². The Bertz CT molecular complexity index is 2020. The number of imide groups is 1. The van der Waals surface area contributed by atoms with Gasteiger partial charge in [-0.15, -0.1) is 0 Å². The number of amides is 2. The third-order valence-corrected chi connectivity index (χ3v) is 8.33. The van der Waals surface area contributed by atoms with Gasteiger partial charge in [0.25, 0.3) is 11.8 Å². The number of hydrogen-bond donors (Lipinski definition) is 1. The average molecular weight is 586 g/mol. The molecule has 2 aliphatic heterocycles. The number of imidazole rings is 1. The van der Waals surface area contributed by atoms with Crippen molar-refractivity contribution >= 4 is 45.5 Å². The lowest BCUT2D eigenvalue weighted by atomic mass is 10.1. The van der Waals surface area contributed by atoms with Crippen LogP contribution < -0.4 is 9.80 Å². The number of piperazine rings is 1. The molecule has 218 valence electrons. The maximum absolute atomic E-state index is 13.0. The number of phenolic OH excluding ortho intramolecular Hbond substituents is 1. The zero-order valence-electron chi connectivity index (χ0n) is 23.6. The Morgan fingerprint density at radius 1 is 0.750 bits per heavy atom. The maximum atomic E-state index is 13.0. The van der Waals surface area contributed by atoms with Gasteiger partial charge >= 0.3 is 0 Å². The molecule has 6 aromatic rings. The normalized spacial score (nSPS) is 15.1. The number of rotatable bonds is 6. The van der Waals surface area contributed by atoms with Gasteiger partial charge in [0.2, 0.25) is 5.95 Å². The molecule has 12 heteroatoms. The van der Waals surface area contributed by atoms with E-state index in [2.05, 4.69) is 14.9 Å².